The van der Waals surface area contributed by atoms with Crippen LogP contribution in [-0.4, -0.2) is 31.7 Å². The summed E-state index contributed by atoms with van der Waals surface area (Å²) >= 11 is 0. The number of hydrogen-bond acceptors (Lipinski definition) is 6. The van der Waals surface area contributed by atoms with Crippen LogP contribution < -0.4 is 14.8 Å². The molecule has 0 aliphatic carbocycles. The molecule has 0 saturated carbocycles. The van der Waals surface area contributed by atoms with Crippen molar-refractivity contribution in [1.29, 1.82) is 5.26 Å². The lowest BCUT2D eigenvalue weighted by molar-refractivity contribution is -0.119. The molecule has 26 heavy (non-hydrogen) atoms. The van der Waals surface area contributed by atoms with E-state index < -0.39 is 18.5 Å². The lowest BCUT2D eigenvalue weighted by Gasteiger charge is -2.18. The summed E-state index contributed by atoms with van der Waals surface area (Å²) in [6, 6.07) is 13.6. The lowest BCUT2D eigenvalue weighted by Crippen LogP contribution is -2.21. The highest BCUT2D eigenvalue weighted by Crippen LogP contribution is 2.30. The summed E-state index contributed by atoms with van der Waals surface area (Å²) in [4.78, 5) is 24.0. The van der Waals surface area contributed by atoms with Gasteiger partial charge >= 0.3 is 5.97 Å². The van der Waals surface area contributed by atoms with E-state index in [2.05, 4.69) is 5.32 Å². The van der Waals surface area contributed by atoms with Gasteiger partial charge in [0.05, 0.1) is 18.1 Å². The van der Waals surface area contributed by atoms with Gasteiger partial charge in [0.1, 0.15) is 13.2 Å². The van der Waals surface area contributed by atoms with Crippen LogP contribution in [0.1, 0.15) is 15.9 Å². The number of nitrogens with one attached hydrogen (secondary N) is 1. The maximum Gasteiger partial charge on any atom is 0.338 e. The number of rotatable bonds is 5. The summed E-state index contributed by atoms with van der Waals surface area (Å²) < 4.78 is 15.8. The molecule has 1 aliphatic rings. The molecule has 2 aromatic carbocycles. The number of nitriles is 1. The first-order valence-corrected chi connectivity index (χ1v) is 7.98. The molecular weight excluding hydrogens is 336 g/mol. The monoisotopic (exact) mass is 352 g/mol. The molecule has 0 unspecified atom stereocenters. The number of amides is 1. The Balaban J connectivity index is 1.52. The molecule has 3 rings (SSSR count). The Labute approximate surface area is 150 Å². The highest BCUT2D eigenvalue weighted by Gasteiger charge is 2.16. The summed E-state index contributed by atoms with van der Waals surface area (Å²) in [5.74, 6) is -0.0246. The molecule has 0 spiro atoms. The smallest absolute Gasteiger partial charge is 0.338 e. The van der Waals surface area contributed by atoms with Crippen LogP contribution in [0.5, 0.6) is 11.5 Å². The van der Waals surface area contributed by atoms with E-state index >= 15 is 0 Å². The first-order valence-electron chi connectivity index (χ1n) is 7.98. The van der Waals surface area contributed by atoms with Crippen molar-refractivity contribution in [2.45, 2.75) is 6.42 Å². The van der Waals surface area contributed by atoms with Crippen LogP contribution in [-0.2, 0) is 16.0 Å². The van der Waals surface area contributed by atoms with Gasteiger partial charge in [-0.2, -0.15) is 5.26 Å². The molecule has 0 radical (unpaired) electrons. The maximum absolute atomic E-state index is 12.1. The molecule has 0 atom stereocenters. The third kappa shape index (κ3) is 4.30. The van der Waals surface area contributed by atoms with Gasteiger partial charge in [-0.25, -0.2) is 4.79 Å². The third-order valence-corrected chi connectivity index (χ3v) is 3.63. The third-order valence-electron chi connectivity index (χ3n) is 3.63. The lowest BCUT2D eigenvalue weighted by atomic mass is 10.1. The summed E-state index contributed by atoms with van der Waals surface area (Å²) in [6.45, 7) is 0.475. The zero-order valence-corrected chi connectivity index (χ0v) is 13.9. The molecule has 132 valence electrons. The summed E-state index contributed by atoms with van der Waals surface area (Å²) in [6.07, 6.45) is 0.307. The second-order valence-corrected chi connectivity index (χ2v) is 5.51. The molecule has 0 fully saturated rings. The second kappa shape index (κ2) is 8.03. The molecule has 1 heterocycles. The Bertz CT molecular complexity index is 855. The van der Waals surface area contributed by atoms with Gasteiger partial charge < -0.3 is 19.5 Å². The Morgan fingerprint density at radius 2 is 1.81 bits per heavy atom. The van der Waals surface area contributed by atoms with Crippen molar-refractivity contribution in [3.8, 4) is 17.6 Å². The van der Waals surface area contributed by atoms with Crippen LogP contribution in [0.2, 0.25) is 0 Å². The van der Waals surface area contributed by atoms with Gasteiger partial charge in [0, 0.05) is 5.69 Å². The van der Waals surface area contributed by atoms with Gasteiger partial charge in [0.25, 0.3) is 5.91 Å². The molecule has 2 aromatic rings. The van der Waals surface area contributed by atoms with Crippen LogP contribution in [0.15, 0.2) is 42.5 Å². The number of benzene rings is 2. The first kappa shape index (κ1) is 17.3. The molecular formula is C19H16N2O5. The zero-order chi connectivity index (χ0) is 18.4. The summed E-state index contributed by atoms with van der Waals surface area (Å²) in [7, 11) is 0. The Morgan fingerprint density at radius 1 is 1.08 bits per heavy atom. The number of carbonyl (C=O) groups excluding carboxylic acids is 2. The van der Waals surface area contributed by atoms with E-state index in [0.717, 1.165) is 5.56 Å². The van der Waals surface area contributed by atoms with Gasteiger partial charge in [-0.1, -0.05) is 12.1 Å². The van der Waals surface area contributed by atoms with E-state index in [1.807, 2.05) is 6.07 Å². The van der Waals surface area contributed by atoms with E-state index in [1.165, 1.54) is 6.07 Å². The molecule has 7 heteroatoms. The molecule has 0 bridgehead atoms. The highest BCUT2D eigenvalue weighted by molar-refractivity contribution is 5.95. The molecule has 7 nitrogen and oxygen atoms in total. The number of ether oxygens (including phenoxy) is 3. The van der Waals surface area contributed by atoms with E-state index in [9.17, 15) is 9.59 Å². The van der Waals surface area contributed by atoms with Gasteiger partial charge in [-0.05, 0) is 35.9 Å². The van der Waals surface area contributed by atoms with Gasteiger partial charge in [-0.3, -0.25) is 4.79 Å². The fourth-order valence-electron chi connectivity index (χ4n) is 2.38. The normalized spacial score (nSPS) is 12.0. The quantitative estimate of drug-likeness (QED) is 0.830. The Morgan fingerprint density at radius 3 is 2.54 bits per heavy atom. The van der Waals surface area contributed by atoms with Crippen molar-refractivity contribution in [1.82, 2.24) is 0 Å². The van der Waals surface area contributed by atoms with Crippen molar-refractivity contribution >= 4 is 17.6 Å². The van der Waals surface area contributed by atoms with Gasteiger partial charge in [-0.15, -0.1) is 0 Å². The van der Waals surface area contributed by atoms with Crippen molar-refractivity contribution in [3.05, 3.63) is 53.6 Å². The second-order valence-electron chi connectivity index (χ2n) is 5.51. The van der Waals surface area contributed by atoms with Crippen LogP contribution in [0.4, 0.5) is 5.69 Å². The molecule has 0 saturated heterocycles. The van der Waals surface area contributed by atoms with Crippen molar-refractivity contribution in [3.63, 3.8) is 0 Å². The number of anilines is 1. The van der Waals surface area contributed by atoms with E-state index in [1.54, 1.807) is 36.4 Å². The predicted octanol–water partition coefficient (Wildman–Crippen LogP) is 2.32. The average Bonchev–Trinajstić information content (AvgIpc) is 2.67. The number of esters is 1. The van der Waals surface area contributed by atoms with Gasteiger partial charge in [0.2, 0.25) is 0 Å². The number of hydrogen-bond donors (Lipinski definition) is 1. The minimum absolute atomic E-state index is 0.280. The molecule has 1 aliphatic heterocycles. The Kier molecular flexibility index (Phi) is 5.34. The van der Waals surface area contributed by atoms with Crippen molar-refractivity contribution in [2.75, 3.05) is 25.1 Å². The maximum atomic E-state index is 12.1. The van der Waals surface area contributed by atoms with Crippen LogP contribution in [0.25, 0.3) is 0 Å². The minimum atomic E-state index is -0.624. The predicted molar refractivity (Wildman–Crippen MR) is 92.1 cm³/mol. The number of nitrogens with zero attached hydrogens (tertiary/aromatic N) is 1. The largest absolute Gasteiger partial charge is 0.486 e. The van der Waals surface area contributed by atoms with Crippen molar-refractivity contribution in [2.24, 2.45) is 0 Å². The average molecular weight is 352 g/mol. The summed E-state index contributed by atoms with van der Waals surface area (Å²) in [5.41, 5.74) is 1.70. The molecule has 1 N–H and O–H groups in total. The number of carbonyl (C=O) groups is 2. The first-order chi connectivity index (χ1) is 12.7. The van der Waals surface area contributed by atoms with Gasteiger partial charge in [0.15, 0.2) is 18.1 Å². The fourth-order valence-corrected chi connectivity index (χ4v) is 2.38. The molecule has 0 aromatic heterocycles. The Hall–Kier alpha value is -3.53. The fraction of sp³-hybridized carbons (Fsp3) is 0.211. The van der Waals surface area contributed by atoms with Crippen LogP contribution in [0.3, 0.4) is 0 Å². The zero-order valence-electron chi connectivity index (χ0n) is 13.9. The minimum Gasteiger partial charge on any atom is -0.486 e. The van der Waals surface area contributed by atoms with E-state index in [4.69, 9.17) is 19.5 Å². The summed E-state index contributed by atoms with van der Waals surface area (Å²) in [5, 5.41) is 11.3. The number of fused-ring (bicyclic) bond motifs is 1. The van der Waals surface area contributed by atoms with Crippen molar-refractivity contribution < 1.29 is 23.8 Å². The van der Waals surface area contributed by atoms with E-state index in [-0.39, 0.29) is 5.56 Å². The van der Waals surface area contributed by atoms with Crippen LogP contribution >= 0.6 is 0 Å². The molecule has 1 amide bonds. The standard InChI is InChI=1S/C19H16N2O5/c20-8-7-13-1-4-15(5-2-13)21-18(22)12-26-19(23)14-3-6-16-17(11-14)25-10-9-24-16/h1-6,11H,7,9-10,12H2,(H,21,22). The highest BCUT2D eigenvalue weighted by atomic mass is 16.6. The van der Waals surface area contributed by atoms with E-state index in [0.29, 0.717) is 36.8 Å². The topological polar surface area (TPSA) is 97.7 Å². The van der Waals surface area contributed by atoms with Crippen LogP contribution in [0, 0.1) is 11.3 Å². The SMILES string of the molecule is N#CCc1ccc(NC(=O)COC(=O)c2ccc3c(c2)OCCO3)cc1.